The summed E-state index contributed by atoms with van der Waals surface area (Å²) in [6.45, 7) is 4.22. The molecule has 16 heteroatoms. The maximum absolute atomic E-state index is 13.5. The fourth-order valence-corrected chi connectivity index (χ4v) is 4.04. The minimum atomic E-state index is -1.16. The van der Waals surface area contributed by atoms with E-state index in [9.17, 15) is 24.3 Å². The predicted molar refractivity (Wildman–Crippen MR) is 164 cm³/mol. The summed E-state index contributed by atoms with van der Waals surface area (Å²) < 4.78 is 0. The second-order valence-electron chi connectivity index (χ2n) is 10.6. The smallest absolute Gasteiger partial charge is 0.243 e. The maximum Gasteiger partial charge on any atom is 0.243 e. The summed E-state index contributed by atoms with van der Waals surface area (Å²) in [5, 5.41) is 17.6. The molecule has 43 heavy (non-hydrogen) atoms. The Labute approximate surface area is 251 Å². The standard InChI is InChI=1S/C27H47N11O5/c1-15(2)13-20(22(29)40)37-25(43)21(14-16-7-9-17(39)10-8-16)38-24(42)19(6-4-12-35-27(32)33)36-23(41)18(28)5-3-11-34-26(30)31/h7-10,15,18-21,39H,3-6,11-14,28H2,1-2H3,(H2,29,40)(H,36,41)(H,37,43)(H,38,42)(H4,30,31,34)(H4,32,33,35)/t18-,19-,20-,21-/m0/s1. The lowest BCUT2D eigenvalue weighted by molar-refractivity contribution is -0.133. The van der Waals surface area contributed by atoms with Gasteiger partial charge in [-0.3, -0.25) is 29.2 Å². The summed E-state index contributed by atoms with van der Waals surface area (Å²) in [6.07, 6.45) is 1.44. The molecule has 4 atom stereocenters. The monoisotopic (exact) mass is 605 g/mol. The summed E-state index contributed by atoms with van der Waals surface area (Å²) in [7, 11) is 0. The van der Waals surface area contributed by atoms with E-state index < -0.39 is 47.8 Å². The number of nitrogens with zero attached hydrogens (tertiary/aromatic N) is 2. The van der Waals surface area contributed by atoms with E-state index >= 15 is 0 Å². The number of phenols is 1. The van der Waals surface area contributed by atoms with Crippen molar-refractivity contribution in [2.75, 3.05) is 13.1 Å². The van der Waals surface area contributed by atoms with Gasteiger partial charge in [0.15, 0.2) is 11.9 Å². The van der Waals surface area contributed by atoms with Gasteiger partial charge in [0.05, 0.1) is 6.04 Å². The summed E-state index contributed by atoms with van der Waals surface area (Å²) in [5.74, 6) is -2.73. The molecule has 16 N–H and O–H groups in total. The zero-order chi connectivity index (χ0) is 32.5. The van der Waals surface area contributed by atoms with Gasteiger partial charge in [-0.05, 0) is 55.7 Å². The highest BCUT2D eigenvalue weighted by atomic mass is 16.3. The van der Waals surface area contributed by atoms with Crippen molar-refractivity contribution in [2.45, 2.75) is 76.5 Å². The van der Waals surface area contributed by atoms with E-state index in [2.05, 4.69) is 25.9 Å². The molecule has 0 aromatic heterocycles. The van der Waals surface area contributed by atoms with Gasteiger partial charge in [-0.2, -0.15) is 0 Å². The summed E-state index contributed by atoms with van der Waals surface area (Å²) in [4.78, 5) is 59.5. The Morgan fingerprint density at radius 1 is 0.744 bits per heavy atom. The Morgan fingerprint density at radius 2 is 1.23 bits per heavy atom. The first-order valence-corrected chi connectivity index (χ1v) is 14.0. The number of carbonyl (C=O) groups is 4. The maximum atomic E-state index is 13.5. The topological polar surface area (TPSA) is 305 Å². The van der Waals surface area contributed by atoms with E-state index in [0.29, 0.717) is 24.8 Å². The number of aromatic hydroxyl groups is 1. The average molecular weight is 606 g/mol. The second kappa shape index (κ2) is 18.8. The van der Waals surface area contributed by atoms with Crippen LogP contribution in [0.1, 0.15) is 51.5 Å². The van der Waals surface area contributed by atoms with Crippen molar-refractivity contribution in [3.05, 3.63) is 29.8 Å². The highest BCUT2D eigenvalue weighted by Gasteiger charge is 2.30. The third-order valence-electron chi connectivity index (χ3n) is 6.26. The largest absolute Gasteiger partial charge is 0.508 e. The van der Waals surface area contributed by atoms with Crippen molar-refractivity contribution >= 4 is 35.5 Å². The molecule has 0 bridgehead atoms. The normalized spacial score (nSPS) is 13.6. The Balaban J connectivity index is 3.16. The van der Waals surface area contributed by atoms with Crippen molar-refractivity contribution in [3.63, 3.8) is 0 Å². The molecule has 0 aliphatic carbocycles. The molecule has 1 aromatic carbocycles. The highest BCUT2D eigenvalue weighted by Crippen LogP contribution is 2.13. The van der Waals surface area contributed by atoms with Gasteiger partial charge in [-0.25, -0.2) is 0 Å². The summed E-state index contributed by atoms with van der Waals surface area (Å²) in [6, 6.07) is 1.91. The molecule has 0 unspecified atom stereocenters. The molecule has 0 saturated carbocycles. The van der Waals surface area contributed by atoms with Gasteiger partial charge in [0.1, 0.15) is 23.9 Å². The van der Waals surface area contributed by atoms with Gasteiger partial charge < -0.3 is 55.5 Å². The van der Waals surface area contributed by atoms with Crippen molar-refractivity contribution in [2.24, 2.45) is 50.3 Å². The number of phenolic OH excluding ortho intramolecular Hbond substituents is 1. The minimum Gasteiger partial charge on any atom is -0.508 e. The number of amides is 4. The minimum absolute atomic E-state index is 0.0178. The number of benzene rings is 1. The molecule has 0 radical (unpaired) electrons. The lowest BCUT2D eigenvalue weighted by Gasteiger charge is -2.26. The first-order valence-electron chi connectivity index (χ1n) is 14.0. The van der Waals surface area contributed by atoms with Gasteiger partial charge in [0, 0.05) is 19.5 Å². The van der Waals surface area contributed by atoms with Crippen LogP contribution in [0, 0.1) is 5.92 Å². The Bertz CT molecular complexity index is 1120. The van der Waals surface area contributed by atoms with E-state index in [-0.39, 0.29) is 55.9 Å². The molecule has 240 valence electrons. The van der Waals surface area contributed by atoms with Crippen LogP contribution in [0.4, 0.5) is 0 Å². The van der Waals surface area contributed by atoms with Gasteiger partial charge in [0.25, 0.3) is 0 Å². The van der Waals surface area contributed by atoms with Crippen molar-refractivity contribution < 1.29 is 24.3 Å². The Kier molecular flexibility index (Phi) is 15.9. The molecule has 1 rings (SSSR count). The lowest BCUT2D eigenvalue weighted by atomic mass is 10.0. The number of guanidine groups is 2. The van der Waals surface area contributed by atoms with Crippen LogP contribution in [-0.4, -0.2) is 77.9 Å². The second-order valence-corrected chi connectivity index (χ2v) is 10.6. The summed E-state index contributed by atoms with van der Waals surface area (Å²) in [5.41, 5.74) is 33.5. The zero-order valence-electron chi connectivity index (χ0n) is 24.8. The van der Waals surface area contributed by atoms with Crippen LogP contribution < -0.4 is 50.4 Å². The molecule has 0 heterocycles. The summed E-state index contributed by atoms with van der Waals surface area (Å²) >= 11 is 0. The zero-order valence-corrected chi connectivity index (χ0v) is 24.8. The highest BCUT2D eigenvalue weighted by molar-refractivity contribution is 5.94. The van der Waals surface area contributed by atoms with Gasteiger partial charge in [0.2, 0.25) is 23.6 Å². The van der Waals surface area contributed by atoms with Crippen LogP contribution >= 0.6 is 0 Å². The molecular formula is C27H47N11O5. The van der Waals surface area contributed by atoms with E-state index in [1.807, 2.05) is 13.8 Å². The Morgan fingerprint density at radius 3 is 1.74 bits per heavy atom. The first kappa shape index (κ1) is 36.4. The lowest BCUT2D eigenvalue weighted by Crippen LogP contribution is -2.58. The van der Waals surface area contributed by atoms with E-state index in [4.69, 9.17) is 34.4 Å². The number of carbonyl (C=O) groups excluding carboxylic acids is 4. The quantitative estimate of drug-likeness (QED) is 0.0443. The Hall–Kier alpha value is -4.60. The number of hydrogen-bond donors (Lipinski definition) is 10. The van der Waals surface area contributed by atoms with Crippen LogP contribution in [-0.2, 0) is 25.6 Å². The van der Waals surface area contributed by atoms with E-state index in [0.717, 1.165) is 0 Å². The molecule has 0 saturated heterocycles. The van der Waals surface area contributed by atoms with Crippen molar-refractivity contribution in [3.8, 4) is 5.75 Å². The molecule has 16 nitrogen and oxygen atoms in total. The molecule has 1 aromatic rings. The van der Waals surface area contributed by atoms with Crippen molar-refractivity contribution in [1.29, 1.82) is 0 Å². The van der Waals surface area contributed by atoms with Gasteiger partial charge >= 0.3 is 0 Å². The molecular weight excluding hydrogens is 558 g/mol. The fraction of sp³-hybridized carbons (Fsp3) is 0.556. The van der Waals surface area contributed by atoms with Crippen LogP contribution in [0.3, 0.4) is 0 Å². The van der Waals surface area contributed by atoms with Crippen molar-refractivity contribution in [1.82, 2.24) is 16.0 Å². The first-order chi connectivity index (χ1) is 20.2. The molecule has 0 aliphatic rings. The molecule has 0 spiro atoms. The van der Waals surface area contributed by atoms with Gasteiger partial charge in [-0.15, -0.1) is 0 Å². The van der Waals surface area contributed by atoms with Gasteiger partial charge in [-0.1, -0.05) is 26.0 Å². The average Bonchev–Trinajstić information content (AvgIpc) is 2.92. The van der Waals surface area contributed by atoms with Crippen LogP contribution in [0.2, 0.25) is 0 Å². The third kappa shape index (κ3) is 15.3. The molecule has 4 amide bonds. The number of rotatable bonds is 19. The van der Waals surface area contributed by atoms with E-state index in [1.165, 1.54) is 12.1 Å². The fourth-order valence-electron chi connectivity index (χ4n) is 4.04. The van der Waals surface area contributed by atoms with Crippen LogP contribution in [0.25, 0.3) is 0 Å². The van der Waals surface area contributed by atoms with Crippen LogP contribution in [0.15, 0.2) is 34.3 Å². The predicted octanol–water partition coefficient (Wildman–Crippen LogP) is -2.65. The molecule has 0 aliphatic heterocycles. The SMILES string of the molecule is CC(C)C[C@H](NC(=O)[C@H](Cc1ccc(O)cc1)NC(=O)[C@H](CCCN=C(N)N)NC(=O)[C@@H](N)CCCN=C(N)N)C(N)=O. The number of primary amides is 1. The number of aliphatic imine (C=N–C) groups is 2. The third-order valence-corrected chi connectivity index (χ3v) is 6.26. The molecule has 0 fully saturated rings. The van der Waals surface area contributed by atoms with Crippen LogP contribution in [0.5, 0.6) is 5.75 Å². The van der Waals surface area contributed by atoms with E-state index in [1.54, 1.807) is 12.1 Å². The number of hydrogen-bond acceptors (Lipinski definition) is 8. The number of nitrogens with one attached hydrogen (secondary N) is 3. The number of nitrogens with two attached hydrogens (primary N) is 6.